The molecular formula is C20H23NO4. The molecule has 2 aromatic rings. The Hall–Kier alpha value is -2.56. The average molecular weight is 341 g/mol. The molecule has 0 radical (unpaired) electrons. The summed E-state index contributed by atoms with van der Waals surface area (Å²) in [6.45, 7) is 6.02. The SMILES string of the molecule is COc1cc2c3c(cccc3c1)N(CCCC(=O)OC(C)(C)C)C2=O. The molecule has 2 aromatic carbocycles. The van der Waals surface area contributed by atoms with Gasteiger partial charge in [0.15, 0.2) is 0 Å². The first-order valence-electron chi connectivity index (χ1n) is 8.44. The standard InChI is InChI=1S/C20H23NO4/c1-20(2,3)25-17(22)9-6-10-21-16-8-5-7-13-11-14(24-4)12-15(18(13)16)19(21)23/h5,7-8,11-12H,6,9-10H2,1-4H3. The van der Waals surface area contributed by atoms with Crippen LogP contribution in [0, 0.1) is 0 Å². The summed E-state index contributed by atoms with van der Waals surface area (Å²) in [5.74, 6) is 0.384. The summed E-state index contributed by atoms with van der Waals surface area (Å²) in [5, 5.41) is 1.93. The molecule has 0 saturated heterocycles. The summed E-state index contributed by atoms with van der Waals surface area (Å²) < 4.78 is 10.6. The number of carbonyl (C=O) groups is 2. The number of benzene rings is 2. The van der Waals surface area contributed by atoms with Gasteiger partial charge in [0.2, 0.25) is 0 Å². The van der Waals surface area contributed by atoms with Gasteiger partial charge in [-0.15, -0.1) is 0 Å². The molecular weight excluding hydrogens is 318 g/mol. The second kappa shape index (κ2) is 6.39. The van der Waals surface area contributed by atoms with Gasteiger partial charge in [0.1, 0.15) is 11.4 Å². The van der Waals surface area contributed by atoms with Crippen LogP contribution in [0.5, 0.6) is 5.75 Å². The van der Waals surface area contributed by atoms with Crippen molar-refractivity contribution < 1.29 is 19.1 Å². The Balaban J connectivity index is 1.76. The normalized spacial score (nSPS) is 13.4. The number of methoxy groups -OCH3 is 1. The van der Waals surface area contributed by atoms with E-state index in [1.165, 1.54) is 0 Å². The first kappa shape index (κ1) is 17.3. The maximum Gasteiger partial charge on any atom is 0.306 e. The zero-order valence-electron chi connectivity index (χ0n) is 15.1. The fraction of sp³-hybridized carbons (Fsp3) is 0.400. The Bertz CT molecular complexity index is 835. The molecule has 0 unspecified atom stereocenters. The highest BCUT2D eigenvalue weighted by Gasteiger charge is 2.30. The minimum Gasteiger partial charge on any atom is -0.497 e. The molecule has 1 heterocycles. The molecule has 0 saturated carbocycles. The van der Waals surface area contributed by atoms with Crippen LogP contribution in [0.25, 0.3) is 10.8 Å². The highest BCUT2D eigenvalue weighted by Crippen LogP contribution is 2.39. The van der Waals surface area contributed by atoms with Crippen LogP contribution in [0.2, 0.25) is 0 Å². The molecule has 0 atom stereocenters. The molecule has 0 fully saturated rings. The van der Waals surface area contributed by atoms with Crippen molar-refractivity contribution in [3.63, 3.8) is 0 Å². The number of hydrogen-bond acceptors (Lipinski definition) is 4. The van der Waals surface area contributed by atoms with Crippen LogP contribution >= 0.6 is 0 Å². The Labute approximate surface area is 147 Å². The van der Waals surface area contributed by atoms with E-state index in [0.29, 0.717) is 24.3 Å². The molecule has 0 N–H and O–H groups in total. The van der Waals surface area contributed by atoms with E-state index < -0.39 is 5.60 Å². The van der Waals surface area contributed by atoms with Crippen LogP contribution in [-0.4, -0.2) is 31.1 Å². The molecule has 132 valence electrons. The third kappa shape index (κ3) is 3.45. The van der Waals surface area contributed by atoms with E-state index in [-0.39, 0.29) is 18.3 Å². The summed E-state index contributed by atoms with van der Waals surface area (Å²) >= 11 is 0. The smallest absolute Gasteiger partial charge is 0.306 e. The first-order chi connectivity index (χ1) is 11.8. The van der Waals surface area contributed by atoms with Gasteiger partial charge in [-0.3, -0.25) is 9.59 Å². The first-order valence-corrected chi connectivity index (χ1v) is 8.44. The zero-order valence-corrected chi connectivity index (χ0v) is 15.1. The van der Waals surface area contributed by atoms with Gasteiger partial charge in [0.05, 0.1) is 18.4 Å². The fourth-order valence-electron chi connectivity index (χ4n) is 3.14. The van der Waals surface area contributed by atoms with Crippen molar-refractivity contribution in [2.75, 3.05) is 18.6 Å². The monoisotopic (exact) mass is 341 g/mol. The Morgan fingerprint density at radius 2 is 1.96 bits per heavy atom. The van der Waals surface area contributed by atoms with Crippen molar-refractivity contribution in [1.29, 1.82) is 0 Å². The molecule has 0 spiro atoms. The Morgan fingerprint density at radius 3 is 2.64 bits per heavy atom. The summed E-state index contributed by atoms with van der Waals surface area (Å²) in [6, 6.07) is 9.56. The highest BCUT2D eigenvalue weighted by molar-refractivity contribution is 6.25. The lowest BCUT2D eigenvalue weighted by molar-refractivity contribution is -0.154. The molecule has 3 rings (SSSR count). The predicted molar refractivity (Wildman–Crippen MR) is 97.3 cm³/mol. The van der Waals surface area contributed by atoms with Gasteiger partial charge in [-0.05, 0) is 50.8 Å². The van der Waals surface area contributed by atoms with Crippen molar-refractivity contribution in [1.82, 2.24) is 0 Å². The number of rotatable bonds is 5. The third-order valence-corrected chi connectivity index (χ3v) is 4.11. The van der Waals surface area contributed by atoms with Crippen LogP contribution in [0.1, 0.15) is 44.0 Å². The maximum absolute atomic E-state index is 12.8. The quantitative estimate of drug-likeness (QED) is 0.773. The van der Waals surface area contributed by atoms with Crippen LogP contribution in [0.4, 0.5) is 5.69 Å². The van der Waals surface area contributed by atoms with E-state index in [0.717, 1.165) is 16.5 Å². The second-order valence-corrected chi connectivity index (χ2v) is 7.20. The van der Waals surface area contributed by atoms with E-state index in [1.807, 2.05) is 45.0 Å². The number of carbonyl (C=O) groups excluding carboxylic acids is 2. The van der Waals surface area contributed by atoms with Gasteiger partial charge in [0, 0.05) is 18.4 Å². The molecule has 1 amide bonds. The van der Waals surface area contributed by atoms with Crippen molar-refractivity contribution in [3.05, 3.63) is 35.9 Å². The number of anilines is 1. The lowest BCUT2D eigenvalue weighted by Crippen LogP contribution is -2.29. The number of esters is 1. The van der Waals surface area contributed by atoms with Crippen molar-refractivity contribution in [2.24, 2.45) is 0 Å². The molecule has 1 aliphatic rings. The van der Waals surface area contributed by atoms with Crippen LogP contribution in [0.3, 0.4) is 0 Å². The number of hydrogen-bond donors (Lipinski definition) is 0. The number of ether oxygens (including phenoxy) is 2. The Morgan fingerprint density at radius 1 is 1.20 bits per heavy atom. The second-order valence-electron chi connectivity index (χ2n) is 7.20. The van der Waals surface area contributed by atoms with E-state index >= 15 is 0 Å². The lowest BCUT2D eigenvalue weighted by atomic mass is 10.1. The van der Waals surface area contributed by atoms with Gasteiger partial charge >= 0.3 is 5.97 Å². The summed E-state index contributed by atoms with van der Waals surface area (Å²) in [5.41, 5.74) is 1.06. The van der Waals surface area contributed by atoms with Crippen molar-refractivity contribution in [2.45, 2.75) is 39.2 Å². The molecule has 5 heteroatoms. The summed E-state index contributed by atoms with van der Waals surface area (Å²) in [4.78, 5) is 26.4. The molecule has 25 heavy (non-hydrogen) atoms. The minimum atomic E-state index is -0.487. The number of amides is 1. The molecule has 5 nitrogen and oxygen atoms in total. The molecule has 1 aliphatic heterocycles. The highest BCUT2D eigenvalue weighted by atomic mass is 16.6. The lowest BCUT2D eigenvalue weighted by Gasteiger charge is -2.20. The number of nitrogens with zero attached hydrogens (tertiary/aromatic N) is 1. The van der Waals surface area contributed by atoms with E-state index in [9.17, 15) is 9.59 Å². The molecule has 0 aliphatic carbocycles. The predicted octanol–water partition coefficient (Wildman–Crippen LogP) is 3.93. The topological polar surface area (TPSA) is 55.8 Å². The van der Waals surface area contributed by atoms with Crippen molar-refractivity contribution in [3.8, 4) is 5.75 Å². The zero-order chi connectivity index (χ0) is 18.2. The van der Waals surface area contributed by atoms with E-state index in [4.69, 9.17) is 9.47 Å². The Kier molecular flexibility index (Phi) is 4.41. The van der Waals surface area contributed by atoms with Crippen LogP contribution in [-0.2, 0) is 9.53 Å². The summed E-state index contributed by atoms with van der Waals surface area (Å²) in [7, 11) is 1.59. The van der Waals surface area contributed by atoms with E-state index in [1.54, 1.807) is 18.1 Å². The largest absolute Gasteiger partial charge is 0.497 e. The molecule has 0 bridgehead atoms. The van der Waals surface area contributed by atoms with Gasteiger partial charge in [-0.25, -0.2) is 0 Å². The minimum absolute atomic E-state index is 0.0470. The maximum atomic E-state index is 12.8. The van der Waals surface area contributed by atoms with E-state index in [2.05, 4.69) is 0 Å². The summed E-state index contributed by atoms with van der Waals surface area (Å²) in [6.07, 6.45) is 0.846. The van der Waals surface area contributed by atoms with Gasteiger partial charge in [-0.1, -0.05) is 12.1 Å². The van der Waals surface area contributed by atoms with Crippen molar-refractivity contribution >= 4 is 28.3 Å². The van der Waals surface area contributed by atoms with Gasteiger partial charge < -0.3 is 14.4 Å². The van der Waals surface area contributed by atoms with Gasteiger partial charge in [-0.2, -0.15) is 0 Å². The third-order valence-electron chi connectivity index (χ3n) is 4.11. The van der Waals surface area contributed by atoms with Gasteiger partial charge in [0.25, 0.3) is 5.91 Å². The average Bonchev–Trinajstić information content (AvgIpc) is 2.80. The van der Waals surface area contributed by atoms with Crippen LogP contribution < -0.4 is 9.64 Å². The molecule has 0 aromatic heterocycles. The fourth-order valence-corrected chi connectivity index (χ4v) is 3.14. The van der Waals surface area contributed by atoms with Crippen LogP contribution in [0.15, 0.2) is 30.3 Å².